The van der Waals surface area contributed by atoms with Crippen LogP contribution in [0.3, 0.4) is 0 Å². The maximum Gasteiger partial charge on any atom is 0.231 e. The Morgan fingerprint density at radius 2 is 2.00 bits per heavy atom. The minimum absolute atomic E-state index is 0.112. The van der Waals surface area contributed by atoms with Gasteiger partial charge in [0, 0.05) is 0 Å². The van der Waals surface area contributed by atoms with E-state index in [0.717, 1.165) is 17.0 Å². The minimum atomic E-state index is -0.112. The van der Waals surface area contributed by atoms with E-state index in [-0.39, 0.29) is 4.40 Å². The molecule has 4 nitrogen and oxygen atoms in total. The molecule has 5 heteroatoms. The van der Waals surface area contributed by atoms with Gasteiger partial charge in [0.05, 0.1) is 5.39 Å². The average molecular weight is 231 g/mol. The quantitative estimate of drug-likeness (QED) is 0.805. The molecule has 0 amide bonds. The smallest absolute Gasteiger partial charge is 0.231 e. The molecule has 0 unspecified atom stereocenters. The molecule has 0 aliphatic heterocycles. The molecule has 0 spiro atoms. The van der Waals surface area contributed by atoms with Crippen LogP contribution in [0.25, 0.3) is 11.1 Å². The number of aromatic nitrogens is 2. The molecule has 2 heterocycles. The van der Waals surface area contributed by atoms with E-state index >= 15 is 0 Å². The van der Waals surface area contributed by atoms with E-state index in [1.807, 2.05) is 19.9 Å². The molecule has 0 atom stereocenters. The first kappa shape index (κ1) is 11.4. The number of furan rings is 1. The third-order valence-electron chi connectivity index (χ3n) is 2.07. The zero-order valence-electron chi connectivity index (χ0n) is 9.96. The molecule has 16 heavy (non-hydrogen) atoms. The van der Waals surface area contributed by atoms with Gasteiger partial charge in [-0.25, -0.2) is 4.98 Å². The lowest BCUT2D eigenvalue weighted by molar-refractivity contribution is 0.566. The molecule has 0 fully saturated rings. The standard InChI is InChI=1S/C11H14N3O.Al/c1-6(2)12-10-9-5-7(3)15-11(9)14-8(4)13-10;/h5H,1-4H3,(H,12,13,14);. The topological polar surface area (TPSA) is 51.0 Å². The normalized spacial score (nSPS) is 12.0. The van der Waals surface area contributed by atoms with E-state index < -0.39 is 0 Å². The van der Waals surface area contributed by atoms with E-state index in [4.69, 9.17) is 4.42 Å². The van der Waals surface area contributed by atoms with Crippen LogP contribution in [-0.2, 0) is 0 Å². The molecule has 0 saturated heterocycles. The van der Waals surface area contributed by atoms with Gasteiger partial charge in [-0.3, -0.25) is 0 Å². The van der Waals surface area contributed by atoms with Crippen molar-refractivity contribution in [2.24, 2.45) is 0 Å². The van der Waals surface area contributed by atoms with Crippen molar-refractivity contribution in [3.05, 3.63) is 17.7 Å². The second-order valence-electron chi connectivity index (χ2n) is 4.54. The Labute approximate surface area is 103 Å². The van der Waals surface area contributed by atoms with E-state index in [1.54, 1.807) is 0 Å². The third-order valence-corrected chi connectivity index (χ3v) is 2.21. The molecule has 82 valence electrons. The summed E-state index contributed by atoms with van der Waals surface area (Å²) in [5.41, 5.74) is 0.641. The molecule has 2 radical (unpaired) electrons. The maximum absolute atomic E-state index is 5.51. The lowest BCUT2D eigenvalue weighted by Crippen LogP contribution is -2.31. The second-order valence-corrected chi connectivity index (χ2v) is 5.99. The number of aryl methyl sites for hydroxylation is 2. The van der Waals surface area contributed by atoms with Gasteiger partial charge < -0.3 is 9.73 Å². The van der Waals surface area contributed by atoms with Crippen molar-refractivity contribution in [2.75, 3.05) is 5.32 Å². The number of hydrogen-bond acceptors (Lipinski definition) is 4. The number of nitrogens with one attached hydrogen (secondary N) is 1. The average Bonchev–Trinajstić information content (AvgIpc) is 2.42. The zero-order valence-corrected chi connectivity index (χ0v) is 11.1. The van der Waals surface area contributed by atoms with Gasteiger partial charge in [-0.2, -0.15) is 4.98 Å². The van der Waals surface area contributed by atoms with Crippen LogP contribution in [0.2, 0.25) is 0 Å². The van der Waals surface area contributed by atoms with Gasteiger partial charge in [0.25, 0.3) is 0 Å². The number of fused-ring (bicyclic) bond motifs is 1. The first-order valence-corrected chi connectivity index (χ1v) is 5.75. The Morgan fingerprint density at radius 3 is 2.62 bits per heavy atom. The molecular formula is C11H14AlN3O. The van der Waals surface area contributed by atoms with Gasteiger partial charge in [0.2, 0.25) is 5.71 Å². The summed E-state index contributed by atoms with van der Waals surface area (Å²) in [6, 6.07) is 1.95. The van der Waals surface area contributed by atoms with E-state index in [9.17, 15) is 0 Å². The zero-order chi connectivity index (χ0) is 11.9. The van der Waals surface area contributed by atoms with Crippen molar-refractivity contribution < 1.29 is 4.42 Å². The summed E-state index contributed by atoms with van der Waals surface area (Å²) in [7, 11) is 0. The summed E-state index contributed by atoms with van der Waals surface area (Å²) >= 11 is 2.74. The number of rotatable bonds is 2. The van der Waals surface area contributed by atoms with E-state index in [1.165, 1.54) is 0 Å². The lowest BCUT2D eigenvalue weighted by Gasteiger charge is -2.23. The Morgan fingerprint density at radius 1 is 1.31 bits per heavy atom. The molecule has 0 bridgehead atoms. The van der Waals surface area contributed by atoms with Crippen LogP contribution in [0, 0.1) is 13.8 Å². The van der Waals surface area contributed by atoms with Gasteiger partial charge in [-0.15, -0.1) is 0 Å². The number of hydrogen-bond donors (Lipinski definition) is 1. The number of anilines is 1. The van der Waals surface area contributed by atoms with Crippen LogP contribution in [0.4, 0.5) is 5.82 Å². The predicted molar refractivity (Wildman–Crippen MR) is 64.7 cm³/mol. The molecule has 0 aliphatic rings. The third kappa shape index (κ3) is 2.37. The van der Waals surface area contributed by atoms with Crippen molar-refractivity contribution in [1.29, 1.82) is 0 Å². The van der Waals surface area contributed by atoms with Gasteiger partial charge in [-0.05, 0) is 24.3 Å². The van der Waals surface area contributed by atoms with Gasteiger partial charge >= 0.3 is 0 Å². The molecular weight excluding hydrogens is 217 g/mol. The molecule has 0 aromatic carbocycles. The molecule has 0 saturated carbocycles. The number of nitrogens with zero attached hydrogens (tertiary/aromatic N) is 2. The Balaban J connectivity index is 2.58. The first-order chi connectivity index (χ1) is 7.35. The van der Waals surface area contributed by atoms with Crippen LogP contribution in [-0.4, -0.2) is 30.7 Å². The minimum Gasteiger partial charge on any atom is -0.443 e. The Kier molecular flexibility index (Phi) is 2.69. The SMILES string of the molecule is Cc1nc(N[C](C)(C)[Al])c2cc(C)oc2n1. The van der Waals surface area contributed by atoms with Crippen LogP contribution >= 0.6 is 0 Å². The lowest BCUT2D eigenvalue weighted by atomic mass is 10.3. The molecule has 0 aliphatic carbocycles. The predicted octanol–water partition coefficient (Wildman–Crippen LogP) is 2.16. The Bertz CT molecular complexity index is 528. The van der Waals surface area contributed by atoms with Crippen LogP contribution in [0.1, 0.15) is 25.4 Å². The fourth-order valence-corrected chi connectivity index (χ4v) is 1.69. The molecule has 2 aromatic rings. The highest BCUT2D eigenvalue weighted by molar-refractivity contribution is 6.16. The summed E-state index contributed by atoms with van der Waals surface area (Å²) < 4.78 is 5.39. The van der Waals surface area contributed by atoms with E-state index in [0.29, 0.717) is 11.5 Å². The molecule has 1 N–H and O–H groups in total. The van der Waals surface area contributed by atoms with Gasteiger partial charge in [0.15, 0.2) is 16.3 Å². The van der Waals surface area contributed by atoms with Crippen LogP contribution in [0.15, 0.2) is 10.5 Å². The van der Waals surface area contributed by atoms with E-state index in [2.05, 4.69) is 45.4 Å². The second kappa shape index (κ2) is 3.76. The van der Waals surface area contributed by atoms with Crippen molar-refractivity contribution in [3.8, 4) is 0 Å². The highest BCUT2D eigenvalue weighted by Gasteiger charge is 2.15. The fraction of sp³-hybridized carbons (Fsp3) is 0.455. The van der Waals surface area contributed by atoms with Crippen LogP contribution < -0.4 is 5.32 Å². The summed E-state index contributed by atoms with van der Waals surface area (Å²) in [5, 5.41) is 4.26. The summed E-state index contributed by atoms with van der Waals surface area (Å²) in [5.74, 6) is 2.37. The first-order valence-electron chi connectivity index (χ1n) is 5.17. The summed E-state index contributed by atoms with van der Waals surface area (Å²) in [6.45, 7) is 7.90. The molecule has 2 aromatic heterocycles. The monoisotopic (exact) mass is 231 g/mol. The highest BCUT2D eigenvalue weighted by Crippen LogP contribution is 2.25. The van der Waals surface area contributed by atoms with Crippen molar-refractivity contribution >= 4 is 33.2 Å². The molecule has 2 rings (SSSR count). The van der Waals surface area contributed by atoms with Crippen molar-refractivity contribution in [2.45, 2.75) is 32.1 Å². The van der Waals surface area contributed by atoms with Crippen LogP contribution in [0.5, 0.6) is 0 Å². The highest BCUT2D eigenvalue weighted by atomic mass is 27.0. The maximum atomic E-state index is 5.51. The van der Waals surface area contributed by atoms with Crippen molar-refractivity contribution in [3.63, 3.8) is 0 Å². The summed E-state index contributed by atoms with van der Waals surface area (Å²) in [6.07, 6.45) is 0. The van der Waals surface area contributed by atoms with Crippen molar-refractivity contribution in [1.82, 2.24) is 9.97 Å². The fourth-order valence-electron chi connectivity index (χ4n) is 1.55. The Hall–Kier alpha value is -1.05. The van der Waals surface area contributed by atoms with Gasteiger partial charge in [-0.1, -0.05) is 13.8 Å². The van der Waals surface area contributed by atoms with Gasteiger partial charge in [0.1, 0.15) is 17.4 Å². The largest absolute Gasteiger partial charge is 0.443 e. The summed E-state index contributed by atoms with van der Waals surface area (Å²) in [4.78, 5) is 8.67.